The maximum Gasteiger partial charge on any atom is 0.164 e. The maximum absolute atomic E-state index is 5.04. The van der Waals surface area contributed by atoms with Crippen LogP contribution >= 0.6 is 11.3 Å². The van der Waals surface area contributed by atoms with Crippen LogP contribution in [0.2, 0.25) is 0 Å². The normalized spacial score (nSPS) is 11.6. The lowest BCUT2D eigenvalue weighted by atomic mass is 9.96. The summed E-state index contributed by atoms with van der Waals surface area (Å²) in [6.45, 7) is 0. The number of aromatic nitrogens is 4. The Labute approximate surface area is 327 Å². The van der Waals surface area contributed by atoms with Crippen LogP contribution in [0.1, 0.15) is 0 Å². The van der Waals surface area contributed by atoms with Gasteiger partial charge in [0.05, 0.1) is 11.0 Å². The Hall–Kier alpha value is -7.21. The summed E-state index contributed by atoms with van der Waals surface area (Å²) in [6, 6.07) is 68.7. The van der Waals surface area contributed by atoms with E-state index in [1.54, 1.807) is 0 Å². The Balaban J connectivity index is 1.13. The molecule has 0 saturated heterocycles. The quantitative estimate of drug-likeness (QED) is 0.171. The molecule has 0 N–H and O–H groups in total. The summed E-state index contributed by atoms with van der Waals surface area (Å²) >= 11 is 1.86. The minimum absolute atomic E-state index is 0.633. The standard InChI is InChI=1S/C51H32N4S/c1-4-15-33(16-5-1)38-30-39(36-21-14-22-37(29-36)51-53-49(34-17-6-2-7-18-34)52-50(54-51)35-19-8-3-9-20-35)32-40(31-38)55-43-25-12-10-23-41(43)47-44(55)27-28-46-48(47)42-24-11-13-26-45(42)56-46/h1-32H. The maximum atomic E-state index is 5.04. The van der Waals surface area contributed by atoms with Crippen LogP contribution in [-0.4, -0.2) is 19.5 Å². The van der Waals surface area contributed by atoms with E-state index in [-0.39, 0.29) is 0 Å². The molecular formula is C51H32N4S. The first-order valence-corrected chi connectivity index (χ1v) is 19.6. The van der Waals surface area contributed by atoms with Gasteiger partial charge in [-0.25, -0.2) is 15.0 Å². The highest BCUT2D eigenvalue weighted by molar-refractivity contribution is 7.26. The molecule has 4 nitrogen and oxygen atoms in total. The molecule has 3 aromatic heterocycles. The zero-order valence-electron chi connectivity index (χ0n) is 30.2. The second kappa shape index (κ2) is 13.3. The number of para-hydroxylation sites is 1. The average Bonchev–Trinajstić information content (AvgIpc) is 3.83. The lowest BCUT2D eigenvalue weighted by Gasteiger charge is -2.15. The highest BCUT2D eigenvalue weighted by atomic mass is 32.1. The Bertz CT molecular complexity index is 3180. The summed E-state index contributed by atoms with van der Waals surface area (Å²) in [5.41, 5.74) is 10.8. The number of rotatable bonds is 6. The van der Waals surface area contributed by atoms with Crippen molar-refractivity contribution in [2.45, 2.75) is 0 Å². The largest absolute Gasteiger partial charge is 0.309 e. The van der Waals surface area contributed by atoms with Crippen LogP contribution in [0.25, 0.3) is 104 Å². The van der Waals surface area contributed by atoms with Crippen molar-refractivity contribution in [1.82, 2.24) is 19.5 Å². The fourth-order valence-electron chi connectivity index (χ4n) is 8.03. The average molecular weight is 733 g/mol. The summed E-state index contributed by atoms with van der Waals surface area (Å²) in [5.74, 6) is 1.92. The zero-order chi connectivity index (χ0) is 37.0. The van der Waals surface area contributed by atoms with Gasteiger partial charge in [-0.15, -0.1) is 11.3 Å². The van der Waals surface area contributed by atoms with E-state index in [1.807, 2.05) is 72.0 Å². The molecule has 0 atom stereocenters. The molecule has 56 heavy (non-hydrogen) atoms. The Morgan fingerprint density at radius 1 is 0.321 bits per heavy atom. The first kappa shape index (κ1) is 32.2. The van der Waals surface area contributed by atoms with Gasteiger partial charge in [-0.3, -0.25) is 0 Å². The number of hydrogen-bond donors (Lipinski definition) is 0. The molecule has 0 amide bonds. The van der Waals surface area contributed by atoms with Crippen molar-refractivity contribution in [3.05, 3.63) is 194 Å². The molecule has 0 aliphatic heterocycles. The van der Waals surface area contributed by atoms with Gasteiger partial charge >= 0.3 is 0 Å². The van der Waals surface area contributed by atoms with E-state index in [9.17, 15) is 0 Å². The highest BCUT2D eigenvalue weighted by Crippen LogP contribution is 2.44. The molecule has 11 rings (SSSR count). The molecule has 0 bridgehead atoms. The van der Waals surface area contributed by atoms with Crippen molar-refractivity contribution in [2.24, 2.45) is 0 Å². The lowest BCUT2D eigenvalue weighted by Crippen LogP contribution is -2.00. The molecule has 0 spiro atoms. The molecule has 262 valence electrons. The topological polar surface area (TPSA) is 43.6 Å². The lowest BCUT2D eigenvalue weighted by molar-refractivity contribution is 1.07. The van der Waals surface area contributed by atoms with Crippen LogP contribution in [0.5, 0.6) is 0 Å². The van der Waals surface area contributed by atoms with Gasteiger partial charge in [0.1, 0.15) is 0 Å². The molecule has 0 aliphatic carbocycles. The van der Waals surface area contributed by atoms with E-state index in [0.29, 0.717) is 17.5 Å². The first-order chi connectivity index (χ1) is 27.7. The minimum atomic E-state index is 0.633. The third kappa shape index (κ3) is 5.48. The Kier molecular flexibility index (Phi) is 7.64. The fraction of sp³-hybridized carbons (Fsp3) is 0. The number of nitrogens with zero attached hydrogens (tertiary/aromatic N) is 4. The fourth-order valence-corrected chi connectivity index (χ4v) is 9.15. The molecule has 0 radical (unpaired) electrons. The van der Waals surface area contributed by atoms with E-state index < -0.39 is 0 Å². The van der Waals surface area contributed by atoms with Crippen molar-refractivity contribution in [1.29, 1.82) is 0 Å². The van der Waals surface area contributed by atoms with Gasteiger partial charge in [-0.05, 0) is 70.8 Å². The monoisotopic (exact) mass is 732 g/mol. The molecular weight excluding hydrogens is 701 g/mol. The molecule has 0 saturated carbocycles. The Morgan fingerprint density at radius 2 is 0.839 bits per heavy atom. The molecule has 0 fully saturated rings. The second-order valence-electron chi connectivity index (χ2n) is 14.0. The van der Waals surface area contributed by atoms with Crippen LogP contribution in [0, 0.1) is 0 Å². The first-order valence-electron chi connectivity index (χ1n) is 18.8. The highest BCUT2D eigenvalue weighted by Gasteiger charge is 2.19. The van der Waals surface area contributed by atoms with Gasteiger partial charge < -0.3 is 4.57 Å². The smallest absolute Gasteiger partial charge is 0.164 e. The van der Waals surface area contributed by atoms with E-state index in [2.05, 4.69) is 138 Å². The minimum Gasteiger partial charge on any atom is -0.309 e. The second-order valence-corrected chi connectivity index (χ2v) is 15.1. The van der Waals surface area contributed by atoms with Crippen LogP contribution in [0.3, 0.4) is 0 Å². The summed E-state index contributed by atoms with van der Waals surface area (Å²) in [7, 11) is 0. The summed E-state index contributed by atoms with van der Waals surface area (Å²) in [6.07, 6.45) is 0. The predicted octanol–water partition coefficient (Wildman–Crippen LogP) is 13.7. The molecule has 8 aromatic carbocycles. The number of thiophene rings is 1. The van der Waals surface area contributed by atoms with Crippen LogP contribution in [-0.2, 0) is 0 Å². The predicted molar refractivity (Wildman–Crippen MR) is 234 cm³/mol. The number of benzene rings is 8. The van der Waals surface area contributed by atoms with Gasteiger partial charge in [0.25, 0.3) is 0 Å². The Morgan fingerprint density at radius 3 is 1.54 bits per heavy atom. The van der Waals surface area contributed by atoms with Crippen LogP contribution in [0.15, 0.2) is 194 Å². The summed E-state index contributed by atoms with van der Waals surface area (Å²) in [4.78, 5) is 15.0. The number of fused-ring (bicyclic) bond motifs is 7. The van der Waals surface area contributed by atoms with Crippen molar-refractivity contribution >= 4 is 53.3 Å². The SMILES string of the molecule is c1ccc(-c2cc(-c3cccc(-c4nc(-c5ccccc5)nc(-c5ccccc5)n4)c3)cc(-n3c4ccccc4c4c5c(ccc43)sc3ccccc35)c2)cc1. The van der Waals surface area contributed by atoms with E-state index >= 15 is 0 Å². The van der Waals surface area contributed by atoms with Crippen molar-refractivity contribution in [3.8, 4) is 62.1 Å². The summed E-state index contributed by atoms with van der Waals surface area (Å²) < 4.78 is 5.06. The molecule has 11 aromatic rings. The third-order valence-electron chi connectivity index (χ3n) is 10.6. The summed E-state index contributed by atoms with van der Waals surface area (Å²) in [5, 5.41) is 5.18. The third-order valence-corrected chi connectivity index (χ3v) is 11.7. The van der Waals surface area contributed by atoms with Crippen molar-refractivity contribution in [3.63, 3.8) is 0 Å². The molecule has 0 aliphatic rings. The van der Waals surface area contributed by atoms with Crippen molar-refractivity contribution < 1.29 is 0 Å². The van der Waals surface area contributed by atoms with Crippen LogP contribution < -0.4 is 0 Å². The zero-order valence-corrected chi connectivity index (χ0v) is 31.0. The van der Waals surface area contributed by atoms with Gasteiger partial charge in [0.15, 0.2) is 17.5 Å². The molecule has 0 unspecified atom stereocenters. The van der Waals surface area contributed by atoms with E-state index in [1.165, 1.54) is 42.0 Å². The van der Waals surface area contributed by atoms with Gasteiger partial charge in [-0.1, -0.05) is 146 Å². The number of hydrogen-bond acceptors (Lipinski definition) is 4. The van der Waals surface area contributed by atoms with E-state index in [0.717, 1.165) is 44.6 Å². The van der Waals surface area contributed by atoms with Crippen LogP contribution in [0.4, 0.5) is 0 Å². The van der Waals surface area contributed by atoms with Gasteiger partial charge in [-0.2, -0.15) is 0 Å². The molecule has 3 heterocycles. The van der Waals surface area contributed by atoms with E-state index in [4.69, 9.17) is 15.0 Å². The molecule has 5 heteroatoms. The van der Waals surface area contributed by atoms with Gasteiger partial charge in [0.2, 0.25) is 0 Å². The van der Waals surface area contributed by atoms with Gasteiger partial charge in [0, 0.05) is 53.3 Å². The van der Waals surface area contributed by atoms with Crippen molar-refractivity contribution in [2.75, 3.05) is 0 Å².